The van der Waals surface area contributed by atoms with Crippen LogP contribution in [0.25, 0.3) is 10.9 Å². The first-order valence-electron chi connectivity index (χ1n) is 12.2. The number of rotatable bonds is 4. The number of amides is 2. The summed E-state index contributed by atoms with van der Waals surface area (Å²) in [5.41, 5.74) is 1.66. The molecule has 2 heterocycles. The number of piperazine rings is 1. The van der Waals surface area contributed by atoms with Crippen LogP contribution in [0.2, 0.25) is 0 Å². The number of hydrogen-bond donors (Lipinski definition) is 2. The smallest absolute Gasteiger partial charge is 0.350 e. The summed E-state index contributed by atoms with van der Waals surface area (Å²) in [6.45, 7) is 5.20. The molecule has 2 N–H and O–H groups in total. The van der Waals surface area contributed by atoms with Crippen LogP contribution < -0.4 is 5.32 Å². The lowest BCUT2D eigenvalue weighted by Gasteiger charge is -2.47. The number of halogens is 4. The molecule has 0 radical (unpaired) electrons. The molecule has 0 bridgehead atoms. The fourth-order valence-corrected chi connectivity index (χ4v) is 5.35. The molecule has 1 aromatic heterocycles. The molecule has 1 aliphatic heterocycles. The quantitative estimate of drug-likeness (QED) is 0.617. The Morgan fingerprint density at radius 2 is 1.91 bits per heavy atom. The molecule has 0 spiro atoms. The van der Waals surface area contributed by atoms with E-state index in [2.05, 4.69) is 10.3 Å². The minimum Gasteiger partial charge on any atom is -0.350 e. The second kappa shape index (κ2) is 9.79. The van der Waals surface area contributed by atoms with E-state index in [9.17, 15) is 27.2 Å². The predicted molar refractivity (Wildman–Crippen MR) is 124 cm³/mol. The largest absolute Gasteiger partial charge is 0.410 e. The van der Waals surface area contributed by atoms with Gasteiger partial charge >= 0.3 is 6.18 Å². The van der Waals surface area contributed by atoms with Crippen molar-refractivity contribution in [2.45, 2.75) is 70.8 Å². The van der Waals surface area contributed by atoms with Crippen molar-refractivity contribution in [3.8, 4) is 0 Å². The molecule has 35 heavy (non-hydrogen) atoms. The van der Waals surface area contributed by atoms with Gasteiger partial charge < -0.3 is 15.2 Å². The van der Waals surface area contributed by atoms with E-state index < -0.39 is 29.9 Å². The van der Waals surface area contributed by atoms with Crippen molar-refractivity contribution in [1.29, 1.82) is 0 Å². The molecule has 1 saturated carbocycles. The molecule has 3 atom stereocenters. The molecule has 2 aromatic rings. The molecule has 6 nitrogen and oxygen atoms in total. The molecule has 2 fully saturated rings. The number of benzene rings is 1. The van der Waals surface area contributed by atoms with Crippen molar-refractivity contribution >= 4 is 22.7 Å². The van der Waals surface area contributed by atoms with E-state index in [0.717, 1.165) is 29.7 Å². The highest BCUT2D eigenvalue weighted by Gasteiger charge is 2.49. The van der Waals surface area contributed by atoms with Crippen LogP contribution in [-0.2, 0) is 4.79 Å². The summed E-state index contributed by atoms with van der Waals surface area (Å²) in [4.78, 5) is 31.1. The van der Waals surface area contributed by atoms with Crippen LogP contribution in [0.1, 0.15) is 55.6 Å². The van der Waals surface area contributed by atoms with Crippen LogP contribution in [-0.4, -0.2) is 70.5 Å². The third-order valence-corrected chi connectivity index (χ3v) is 7.26. The Kier molecular flexibility index (Phi) is 7.13. The highest BCUT2D eigenvalue weighted by Crippen LogP contribution is 2.32. The van der Waals surface area contributed by atoms with Crippen LogP contribution in [0.3, 0.4) is 0 Å². The topological polar surface area (TPSA) is 68.4 Å². The van der Waals surface area contributed by atoms with Crippen LogP contribution in [0.5, 0.6) is 0 Å². The number of fused-ring (bicyclic) bond motifs is 1. The number of carbonyl (C=O) groups excluding carboxylic acids is 2. The number of alkyl halides is 3. The zero-order valence-corrected chi connectivity index (χ0v) is 20.2. The standard InChI is InChI=1S/C25H32F4N4O2/c1-14(2)24(35)33-10-9-32(13-21(33)25(27,28)29)17-6-4-5-16(11-17)30-23(34)20-12-18-19(26)8-7-15(3)22(18)31-20/h7-8,12,14,16-17,21,31H,4-6,9-11,13H2,1-3H3,(H,30,34)/t16-,17-,21+/m1/s1. The summed E-state index contributed by atoms with van der Waals surface area (Å²) in [5, 5.41) is 3.33. The lowest BCUT2D eigenvalue weighted by atomic mass is 9.89. The first kappa shape index (κ1) is 25.5. The van der Waals surface area contributed by atoms with Gasteiger partial charge in [-0.1, -0.05) is 19.9 Å². The lowest BCUT2D eigenvalue weighted by Crippen LogP contribution is -2.63. The number of aromatic nitrogens is 1. The number of H-pyrrole nitrogens is 1. The summed E-state index contributed by atoms with van der Waals surface area (Å²) < 4.78 is 55.6. The van der Waals surface area contributed by atoms with Gasteiger partial charge in [0.1, 0.15) is 17.6 Å². The highest BCUT2D eigenvalue weighted by atomic mass is 19.4. The Balaban J connectivity index is 1.43. The van der Waals surface area contributed by atoms with Crippen molar-refractivity contribution < 1.29 is 27.2 Å². The number of carbonyl (C=O) groups is 2. The maximum atomic E-state index is 14.1. The Morgan fingerprint density at radius 3 is 2.57 bits per heavy atom. The van der Waals surface area contributed by atoms with Crippen molar-refractivity contribution in [3.63, 3.8) is 0 Å². The summed E-state index contributed by atoms with van der Waals surface area (Å²) in [6, 6.07) is 2.36. The summed E-state index contributed by atoms with van der Waals surface area (Å²) in [7, 11) is 0. The molecule has 192 valence electrons. The normalized spacial score (nSPS) is 24.2. The van der Waals surface area contributed by atoms with Crippen LogP contribution in [0, 0.1) is 18.7 Å². The molecule has 1 aliphatic carbocycles. The Bertz CT molecular complexity index is 1060. The molecule has 1 saturated heterocycles. The van der Waals surface area contributed by atoms with Gasteiger partial charge in [-0.2, -0.15) is 13.2 Å². The molecule has 1 aromatic carbocycles. The van der Waals surface area contributed by atoms with Gasteiger partial charge in [0.05, 0.1) is 5.52 Å². The van der Waals surface area contributed by atoms with Crippen LogP contribution in [0.4, 0.5) is 17.6 Å². The minimum atomic E-state index is -4.51. The van der Waals surface area contributed by atoms with E-state index in [1.807, 2.05) is 11.8 Å². The van der Waals surface area contributed by atoms with Gasteiger partial charge in [0.15, 0.2) is 0 Å². The molecular weight excluding hydrogens is 464 g/mol. The average molecular weight is 497 g/mol. The fraction of sp³-hybridized carbons (Fsp3) is 0.600. The average Bonchev–Trinajstić information content (AvgIpc) is 3.27. The summed E-state index contributed by atoms with van der Waals surface area (Å²) in [6.07, 6.45) is -1.73. The molecule has 10 heteroatoms. The van der Waals surface area contributed by atoms with Crippen molar-refractivity contribution in [2.24, 2.45) is 5.92 Å². The third kappa shape index (κ3) is 5.32. The van der Waals surface area contributed by atoms with E-state index in [0.29, 0.717) is 23.9 Å². The number of aryl methyl sites for hydroxylation is 1. The monoisotopic (exact) mass is 496 g/mol. The van der Waals surface area contributed by atoms with Crippen LogP contribution in [0.15, 0.2) is 18.2 Å². The highest BCUT2D eigenvalue weighted by molar-refractivity contribution is 5.99. The summed E-state index contributed by atoms with van der Waals surface area (Å²) >= 11 is 0. The molecule has 4 rings (SSSR count). The zero-order chi connectivity index (χ0) is 25.5. The zero-order valence-electron chi connectivity index (χ0n) is 20.2. The second-order valence-corrected chi connectivity index (χ2v) is 10.1. The Labute approximate surface area is 202 Å². The fourth-order valence-electron chi connectivity index (χ4n) is 5.35. The van der Waals surface area contributed by atoms with Gasteiger partial charge in [0, 0.05) is 43.0 Å². The van der Waals surface area contributed by atoms with Crippen molar-refractivity contribution in [2.75, 3.05) is 19.6 Å². The number of hydrogen-bond acceptors (Lipinski definition) is 3. The lowest BCUT2D eigenvalue weighted by molar-refractivity contribution is -0.204. The maximum Gasteiger partial charge on any atom is 0.410 e. The number of nitrogens with zero attached hydrogens (tertiary/aromatic N) is 2. The predicted octanol–water partition coefficient (Wildman–Crippen LogP) is 4.39. The van der Waals surface area contributed by atoms with Gasteiger partial charge in [-0.25, -0.2) is 4.39 Å². The molecule has 2 amide bonds. The van der Waals surface area contributed by atoms with Gasteiger partial charge in [-0.3, -0.25) is 14.5 Å². The van der Waals surface area contributed by atoms with Gasteiger partial charge in [-0.15, -0.1) is 0 Å². The summed E-state index contributed by atoms with van der Waals surface area (Å²) in [5.74, 6) is -1.74. The first-order valence-corrected chi connectivity index (χ1v) is 12.2. The van der Waals surface area contributed by atoms with Crippen molar-refractivity contribution in [3.05, 3.63) is 35.3 Å². The van der Waals surface area contributed by atoms with E-state index in [-0.39, 0.29) is 36.8 Å². The third-order valence-electron chi connectivity index (χ3n) is 7.26. The second-order valence-electron chi connectivity index (χ2n) is 10.1. The van der Waals surface area contributed by atoms with Crippen LogP contribution >= 0.6 is 0 Å². The molecule has 2 aliphatic rings. The van der Waals surface area contributed by atoms with Crippen molar-refractivity contribution in [1.82, 2.24) is 20.1 Å². The van der Waals surface area contributed by atoms with E-state index in [1.165, 1.54) is 12.1 Å². The van der Waals surface area contributed by atoms with E-state index in [4.69, 9.17) is 0 Å². The number of aromatic amines is 1. The van der Waals surface area contributed by atoms with E-state index in [1.54, 1.807) is 19.9 Å². The molecule has 0 unspecified atom stereocenters. The minimum absolute atomic E-state index is 0.0364. The van der Waals surface area contributed by atoms with E-state index >= 15 is 0 Å². The van der Waals surface area contributed by atoms with Gasteiger partial charge in [-0.05, 0) is 50.3 Å². The SMILES string of the molecule is Cc1ccc(F)c2cc(C(=O)N[C@@H]3CCC[C@@H](N4CCN(C(=O)C(C)C)[C@H](C(F)(F)F)C4)C3)[nH]c12. The first-order chi connectivity index (χ1) is 16.5. The Hall–Kier alpha value is -2.62. The Morgan fingerprint density at radius 1 is 1.17 bits per heavy atom. The number of nitrogens with one attached hydrogen (secondary N) is 2. The van der Waals surface area contributed by atoms with Gasteiger partial charge in [0.2, 0.25) is 5.91 Å². The molecular formula is C25H32F4N4O2. The maximum absolute atomic E-state index is 14.1. The van der Waals surface area contributed by atoms with Gasteiger partial charge in [0.25, 0.3) is 5.91 Å².